The molecular weight excluding hydrogens is 280 g/mol. The highest BCUT2D eigenvalue weighted by atomic mass is 32.2. The van der Waals surface area contributed by atoms with Crippen LogP contribution < -0.4 is 10.6 Å². The molecule has 1 saturated heterocycles. The van der Waals surface area contributed by atoms with Crippen LogP contribution in [0.4, 0.5) is 5.69 Å². The lowest BCUT2D eigenvalue weighted by Crippen LogP contribution is -2.48. The maximum Gasteiger partial charge on any atom is 0.227 e. The Morgan fingerprint density at radius 3 is 2.48 bits per heavy atom. The van der Waals surface area contributed by atoms with E-state index in [0.29, 0.717) is 5.92 Å². The number of anilines is 1. The predicted molar refractivity (Wildman–Crippen MR) is 88.7 cm³/mol. The van der Waals surface area contributed by atoms with Gasteiger partial charge in [0, 0.05) is 21.8 Å². The number of amides is 1. The van der Waals surface area contributed by atoms with Crippen LogP contribution in [0.15, 0.2) is 29.2 Å². The summed E-state index contributed by atoms with van der Waals surface area (Å²) in [6, 6.07) is 8.32. The molecule has 21 heavy (non-hydrogen) atoms. The Morgan fingerprint density at radius 1 is 1.24 bits per heavy atom. The quantitative estimate of drug-likeness (QED) is 0.874. The fourth-order valence-electron chi connectivity index (χ4n) is 2.95. The summed E-state index contributed by atoms with van der Waals surface area (Å²) in [6.07, 6.45) is 5.44. The second-order valence-corrected chi connectivity index (χ2v) is 7.62. The number of rotatable bonds is 5. The molecular formula is C17H24N2OS. The van der Waals surface area contributed by atoms with Gasteiger partial charge in [0.15, 0.2) is 0 Å². The highest BCUT2D eigenvalue weighted by molar-refractivity contribution is 8.00. The van der Waals surface area contributed by atoms with E-state index in [0.717, 1.165) is 24.0 Å². The second kappa shape index (κ2) is 6.84. The largest absolute Gasteiger partial charge is 0.326 e. The zero-order valence-corrected chi connectivity index (χ0v) is 13.4. The zero-order valence-electron chi connectivity index (χ0n) is 12.6. The Labute approximate surface area is 131 Å². The second-order valence-electron chi connectivity index (χ2n) is 6.24. The van der Waals surface area contributed by atoms with E-state index in [1.54, 1.807) is 0 Å². The Kier molecular flexibility index (Phi) is 4.86. The number of hydrogen-bond donors (Lipinski definition) is 2. The topological polar surface area (TPSA) is 41.1 Å². The van der Waals surface area contributed by atoms with Gasteiger partial charge in [0.1, 0.15) is 0 Å². The molecule has 1 aliphatic heterocycles. The average Bonchev–Trinajstić information content (AvgIpc) is 2.92. The molecule has 1 heterocycles. The van der Waals surface area contributed by atoms with E-state index >= 15 is 0 Å². The molecule has 1 aromatic rings. The number of nitrogens with one attached hydrogen (secondary N) is 2. The Balaban J connectivity index is 1.52. The molecule has 4 heteroatoms. The molecule has 1 unspecified atom stereocenters. The third-order valence-corrected chi connectivity index (χ3v) is 6.01. The maximum atomic E-state index is 12.2. The van der Waals surface area contributed by atoms with Crippen molar-refractivity contribution < 1.29 is 4.79 Å². The Hall–Kier alpha value is -1.00. The van der Waals surface area contributed by atoms with Crippen LogP contribution in [0.5, 0.6) is 0 Å². The van der Waals surface area contributed by atoms with Gasteiger partial charge >= 0.3 is 0 Å². The van der Waals surface area contributed by atoms with Gasteiger partial charge in [0.05, 0.1) is 0 Å². The van der Waals surface area contributed by atoms with E-state index in [2.05, 4.69) is 22.8 Å². The van der Waals surface area contributed by atoms with E-state index in [4.69, 9.17) is 0 Å². The molecule has 1 atom stereocenters. The van der Waals surface area contributed by atoms with Crippen LogP contribution in [0.3, 0.4) is 0 Å². The molecule has 3 rings (SSSR count). The van der Waals surface area contributed by atoms with Gasteiger partial charge in [-0.1, -0.05) is 19.8 Å². The molecule has 0 bridgehead atoms. The van der Waals surface area contributed by atoms with E-state index in [1.807, 2.05) is 30.8 Å². The van der Waals surface area contributed by atoms with Crippen molar-refractivity contribution in [2.45, 2.75) is 42.8 Å². The molecule has 1 aliphatic carbocycles. The minimum atomic E-state index is 0.0822. The highest BCUT2D eigenvalue weighted by Crippen LogP contribution is 2.35. The summed E-state index contributed by atoms with van der Waals surface area (Å²) in [7, 11) is 0. The standard InChI is InChI=1S/C17H24N2OS/c1-12(13-10-18-11-13)17(20)19-14-6-8-16(9-7-14)21-15-4-2-3-5-15/h6-9,12-13,15,18H,2-5,10-11H2,1H3,(H,19,20). The van der Waals surface area contributed by atoms with Crippen molar-refractivity contribution in [3.05, 3.63) is 24.3 Å². The highest BCUT2D eigenvalue weighted by Gasteiger charge is 2.28. The van der Waals surface area contributed by atoms with Crippen LogP contribution in [0.25, 0.3) is 0 Å². The van der Waals surface area contributed by atoms with Crippen molar-refractivity contribution in [2.75, 3.05) is 18.4 Å². The van der Waals surface area contributed by atoms with Crippen molar-refractivity contribution in [3.8, 4) is 0 Å². The minimum Gasteiger partial charge on any atom is -0.326 e. The van der Waals surface area contributed by atoms with Gasteiger partial charge in [0.2, 0.25) is 5.91 Å². The zero-order chi connectivity index (χ0) is 14.7. The van der Waals surface area contributed by atoms with E-state index in [1.165, 1.54) is 30.6 Å². The fourth-order valence-corrected chi connectivity index (χ4v) is 4.20. The lowest BCUT2D eigenvalue weighted by Gasteiger charge is -2.31. The Morgan fingerprint density at radius 2 is 1.90 bits per heavy atom. The lowest BCUT2D eigenvalue weighted by molar-refractivity contribution is -0.121. The number of hydrogen-bond acceptors (Lipinski definition) is 3. The molecule has 3 nitrogen and oxygen atoms in total. The molecule has 1 saturated carbocycles. The van der Waals surface area contributed by atoms with Crippen LogP contribution >= 0.6 is 11.8 Å². The molecule has 0 aromatic heterocycles. The third kappa shape index (κ3) is 3.80. The SMILES string of the molecule is CC(C(=O)Nc1ccc(SC2CCCC2)cc1)C1CNC1. The van der Waals surface area contributed by atoms with Gasteiger partial charge in [-0.25, -0.2) is 0 Å². The van der Waals surface area contributed by atoms with Crippen molar-refractivity contribution in [1.29, 1.82) is 0 Å². The Bertz CT molecular complexity index is 478. The molecule has 0 spiro atoms. The van der Waals surface area contributed by atoms with Gasteiger partial charge in [0.25, 0.3) is 0 Å². The molecule has 1 amide bonds. The lowest BCUT2D eigenvalue weighted by atomic mass is 9.88. The van der Waals surface area contributed by atoms with Crippen molar-refractivity contribution >= 4 is 23.4 Å². The van der Waals surface area contributed by atoms with E-state index < -0.39 is 0 Å². The number of carbonyl (C=O) groups excluding carboxylic acids is 1. The number of thioether (sulfide) groups is 1. The number of carbonyl (C=O) groups is 1. The smallest absolute Gasteiger partial charge is 0.227 e. The summed E-state index contributed by atoms with van der Waals surface area (Å²) in [5, 5.41) is 7.04. The van der Waals surface area contributed by atoms with Crippen LogP contribution in [-0.2, 0) is 4.79 Å². The van der Waals surface area contributed by atoms with Crippen molar-refractivity contribution in [1.82, 2.24) is 5.32 Å². The molecule has 2 fully saturated rings. The third-order valence-electron chi connectivity index (χ3n) is 4.66. The molecule has 0 radical (unpaired) electrons. The van der Waals surface area contributed by atoms with Crippen LogP contribution in [-0.4, -0.2) is 24.2 Å². The molecule has 114 valence electrons. The van der Waals surface area contributed by atoms with Gasteiger partial charge in [-0.15, -0.1) is 11.8 Å². The summed E-state index contributed by atoms with van der Waals surface area (Å²) in [6.45, 7) is 3.95. The minimum absolute atomic E-state index is 0.0822. The predicted octanol–water partition coefficient (Wildman–Crippen LogP) is 3.52. The van der Waals surface area contributed by atoms with Gasteiger partial charge in [-0.2, -0.15) is 0 Å². The normalized spacial score (nSPS) is 21.0. The van der Waals surface area contributed by atoms with Crippen LogP contribution in [0, 0.1) is 11.8 Å². The summed E-state index contributed by atoms with van der Waals surface area (Å²) in [4.78, 5) is 13.5. The molecule has 2 aliphatic rings. The molecule has 1 aromatic carbocycles. The van der Waals surface area contributed by atoms with Gasteiger partial charge in [-0.05, 0) is 56.1 Å². The summed E-state index contributed by atoms with van der Waals surface area (Å²) < 4.78 is 0. The van der Waals surface area contributed by atoms with Gasteiger partial charge < -0.3 is 10.6 Å². The summed E-state index contributed by atoms with van der Waals surface area (Å²) in [5.41, 5.74) is 0.912. The monoisotopic (exact) mass is 304 g/mol. The first-order valence-corrected chi connectivity index (χ1v) is 8.88. The summed E-state index contributed by atoms with van der Waals surface area (Å²) in [5.74, 6) is 0.707. The fraction of sp³-hybridized carbons (Fsp3) is 0.588. The van der Waals surface area contributed by atoms with Crippen molar-refractivity contribution in [3.63, 3.8) is 0 Å². The van der Waals surface area contributed by atoms with Crippen molar-refractivity contribution in [2.24, 2.45) is 11.8 Å². The molecule has 2 N–H and O–H groups in total. The number of benzene rings is 1. The average molecular weight is 304 g/mol. The maximum absolute atomic E-state index is 12.2. The summed E-state index contributed by atoms with van der Waals surface area (Å²) >= 11 is 1.98. The van der Waals surface area contributed by atoms with E-state index in [9.17, 15) is 4.79 Å². The van der Waals surface area contributed by atoms with E-state index in [-0.39, 0.29) is 11.8 Å². The van der Waals surface area contributed by atoms with Gasteiger partial charge in [-0.3, -0.25) is 4.79 Å². The van der Waals surface area contributed by atoms with Crippen LogP contribution in [0.2, 0.25) is 0 Å². The van der Waals surface area contributed by atoms with Crippen LogP contribution in [0.1, 0.15) is 32.6 Å². The first-order chi connectivity index (χ1) is 10.2. The first-order valence-electron chi connectivity index (χ1n) is 8.00. The first kappa shape index (κ1) is 14.9.